The molecule has 0 aliphatic heterocycles. The van der Waals surface area contributed by atoms with Crippen LogP contribution in [0.15, 0.2) is 30.3 Å². The van der Waals surface area contributed by atoms with Crippen molar-refractivity contribution in [2.45, 2.75) is 43.7 Å². The molecule has 1 aromatic rings. The molecule has 1 rings (SSSR count). The molecular weight excluding hydrogens is 283 g/mol. The predicted octanol–water partition coefficient (Wildman–Crippen LogP) is 4.80. The zero-order chi connectivity index (χ0) is 15.2. The first kappa shape index (κ1) is 17.4. The Balaban J connectivity index is 2.88. The van der Waals surface area contributed by atoms with E-state index in [1.165, 1.54) is 12.1 Å². The van der Waals surface area contributed by atoms with E-state index in [9.17, 15) is 13.2 Å². The lowest BCUT2D eigenvalue weighted by molar-refractivity contribution is -0.158. The van der Waals surface area contributed by atoms with Gasteiger partial charge in [-0.1, -0.05) is 44.2 Å². The van der Waals surface area contributed by atoms with Crippen LogP contribution in [0.3, 0.4) is 0 Å². The topological polar surface area (TPSA) is 12.0 Å². The molecule has 114 valence electrons. The first-order valence-electron chi connectivity index (χ1n) is 6.78. The molecule has 0 spiro atoms. The number of hydrogen-bond donors (Lipinski definition) is 1. The van der Waals surface area contributed by atoms with Crippen LogP contribution in [0.25, 0.3) is 0 Å². The molecule has 5 heteroatoms. The zero-order valence-electron chi connectivity index (χ0n) is 12.1. The van der Waals surface area contributed by atoms with Gasteiger partial charge in [-0.25, -0.2) is 0 Å². The molecule has 0 aliphatic carbocycles. The summed E-state index contributed by atoms with van der Waals surface area (Å²) in [7, 11) is 0. The lowest BCUT2D eigenvalue weighted by Gasteiger charge is -2.33. The van der Waals surface area contributed by atoms with E-state index in [1.807, 2.05) is 20.1 Å². The molecule has 0 fully saturated rings. The number of benzene rings is 1. The van der Waals surface area contributed by atoms with Gasteiger partial charge in [-0.15, -0.1) is 0 Å². The number of halogens is 3. The van der Waals surface area contributed by atoms with Gasteiger partial charge in [0.25, 0.3) is 0 Å². The van der Waals surface area contributed by atoms with Crippen molar-refractivity contribution in [3.05, 3.63) is 35.9 Å². The Morgan fingerprint density at radius 1 is 1.10 bits per heavy atom. The maximum atomic E-state index is 13.2. The zero-order valence-corrected chi connectivity index (χ0v) is 12.9. The van der Waals surface area contributed by atoms with Gasteiger partial charge in [-0.05, 0) is 24.7 Å². The van der Waals surface area contributed by atoms with Gasteiger partial charge in [0.05, 0.1) is 0 Å². The minimum absolute atomic E-state index is 0.141. The Labute approximate surface area is 123 Å². The molecule has 1 aromatic carbocycles. The Kier molecular flexibility index (Phi) is 6.40. The first-order chi connectivity index (χ1) is 9.38. The molecule has 0 saturated carbocycles. The largest absolute Gasteiger partial charge is 0.407 e. The number of nitrogens with one attached hydrogen (secondary N) is 1. The maximum absolute atomic E-state index is 13.2. The molecule has 1 unspecified atom stereocenters. The minimum atomic E-state index is -4.28. The van der Waals surface area contributed by atoms with E-state index in [4.69, 9.17) is 0 Å². The summed E-state index contributed by atoms with van der Waals surface area (Å²) in [6.07, 6.45) is -0.638. The van der Waals surface area contributed by atoms with E-state index in [-0.39, 0.29) is 10.3 Å². The summed E-state index contributed by atoms with van der Waals surface area (Å²) in [6, 6.07) is 6.43. The van der Waals surface area contributed by atoms with Gasteiger partial charge in [0.15, 0.2) is 0 Å². The van der Waals surface area contributed by atoms with Crippen LogP contribution in [0.4, 0.5) is 13.2 Å². The molecule has 0 aliphatic rings. The minimum Gasteiger partial charge on any atom is -0.301 e. The Morgan fingerprint density at radius 2 is 1.65 bits per heavy atom. The SMILES string of the molecule is CCC(CC)(CNC(c1ccccc1)C(F)(F)F)SC. The van der Waals surface area contributed by atoms with Crippen LogP contribution >= 0.6 is 11.8 Å². The first-order valence-corrected chi connectivity index (χ1v) is 8.01. The van der Waals surface area contributed by atoms with Crippen molar-refractivity contribution < 1.29 is 13.2 Å². The van der Waals surface area contributed by atoms with Crippen molar-refractivity contribution >= 4 is 11.8 Å². The Morgan fingerprint density at radius 3 is 2.05 bits per heavy atom. The molecule has 1 nitrogen and oxygen atoms in total. The van der Waals surface area contributed by atoms with Crippen molar-refractivity contribution in [3.63, 3.8) is 0 Å². The summed E-state index contributed by atoms with van der Waals surface area (Å²) in [4.78, 5) is 0. The molecular formula is C15H22F3NS. The monoisotopic (exact) mass is 305 g/mol. The van der Waals surface area contributed by atoms with Gasteiger partial charge >= 0.3 is 6.18 Å². The third-order valence-corrected chi connectivity index (χ3v) is 5.40. The predicted molar refractivity (Wildman–Crippen MR) is 80.1 cm³/mol. The van der Waals surface area contributed by atoms with E-state index in [2.05, 4.69) is 5.32 Å². The van der Waals surface area contributed by atoms with Gasteiger partial charge in [-0.3, -0.25) is 0 Å². The van der Waals surface area contributed by atoms with Gasteiger partial charge < -0.3 is 5.32 Å². The van der Waals surface area contributed by atoms with Gasteiger partial charge in [-0.2, -0.15) is 24.9 Å². The van der Waals surface area contributed by atoms with Crippen LogP contribution in [0.5, 0.6) is 0 Å². The van der Waals surface area contributed by atoms with Crippen molar-refractivity contribution in [2.24, 2.45) is 0 Å². The third kappa shape index (κ3) is 4.42. The average molecular weight is 305 g/mol. The van der Waals surface area contributed by atoms with Crippen molar-refractivity contribution in [1.82, 2.24) is 5.32 Å². The van der Waals surface area contributed by atoms with E-state index in [0.717, 1.165) is 12.8 Å². The standard InChI is InChI=1S/C15H22F3NS/c1-4-14(5-2,20-3)11-19-13(15(16,17)18)12-9-7-6-8-10-12/h6-10,13,19H,4-5,11H2,1-3H3. The second-order valence-corrected chi connectivity index (χ2v) is 6.13. The van der Waals surface area contributed by atoms with Crippen molar-refractivity contribution in [2.75, 3.05) is 12.8 Å². The van der Waals surface area contributed by atoms with Crippen LogP contribution in [0, 0.1) is 0 Å². The maximum Gasteiger partial charge on any atom is 0.407 e. The highest BCUT2D eigenvalue weighted by molar-refractivity contribution is 8.00. The highest BCUT2D eigenvalue weighted by atomic mass is 32.2. The Hall–Kier alpha value is -0.680. The van der Waals surface area contributed by atoms with Crippen LogP contribution in [-0.2, 0) is 0 Å². The molecule has 0 aromatic heterocycles. The quantitative estimate of drug-likeness (QED) is 0.776. The number of hydrogen-bond acceptors (Lipinski definition) is 2. The number of thioether (sulfide) groups is 1. The van der Waals surface area contributed by atoms with Crippen LogP contribution in [-0.4, -0.2) is 23.7 Å². The molecule has 1 N–H and O–H groups in total. The molecule has 0 heterocycles. The van der Waals surface area contributed by atoms with E-state index < -0.39 is 12.2 Å². The highest BCUT2D eigenvalue weighted by Crippen LogP contribution is 2.35. The molecule has 1 atom stereocenters. The average Bonchev–Trinajstić information content (AvgIpc) is 2.44. The molecule has 0 bridgehead atoms. The smallest absolute Gasteiger partial charge is 0.301 e. The fourth-order valence-corrected chi connectivity index (χ4v) is 3.02. The summed E-state index contributed by atoms with van der Waals surface area (Å²) >= 11 is 1.64. The van der Waals surface area contributed by atoms with Crippen molar-refractivity contribution in [1.29, 1.82) is 0 Å². The molecule has 0 amide bonds. The van der Waals surface area contributed by atoms with E-state index in [0.29, 0.717) is 6.54 Å². The lowest BCUT2D eigenvalue weighted by Crippen LogP contribution is -2.43. The summed E-state index contributed by atoms with van der Waals surface area (Å²) in [6.45, 7) is 4.39. The molecule has 20 heavy (non-hydrogen) atoms. The van der Waals surface area contributed by atoms with Gasteiger partial charge in [0, 0.05) is 11.3 Å². The van der Waals surface area contributed by atoms with Crippen molar-refractivity contribution in [3.8, 4) is 0 Å². The summed E-state index contributed by atoms with van der Waals surface area (Å²) in [5, 5.41) is 2.72. The number of alkyl halides is 3. The van der Waals surface area contributed by atoms with Gasteiger partial charge in [0.1, 0.15) is 6.04 Å². The molecule has 0 radical (unpaired) electrons. The highest BCUT2D eigenvalue weighted by Gasteiger charge is 2.41. The second-order valence-electron chi connectivity index (χ2n) is 4.86. The van der Waals surface area contributed by atoms with Crippen LogP contribution in [0.2, 0.25) is 0 Å². The summed E-state index contributed by atoms with van der Waals surface area (Å²) in [5.74, 6) is 0. The Bertz CT molecular complexity index is 380. The molecule has 0 saturated heterocycles. The summed E-state index contributed by atoms with van der Waals surface area (Å²) < 4.78 is 39.5. The number of rotatable bonds is 7. The van der Waals surface area contributed by atoms with Crippen LogP contribution < -0.4 is 5.32 Å². The normalized spacial score (nSPS) is 14.3. The fourth-order valence-electron chi connectivity index (χ4n) is 2.22. The lowest BCUT2D eigenvalue weighted by atomic mass is 10.00. The summed E-state index contributed by atoms with van der Waals surface area (Å²) in [5.41, 5.74) is 0.266. The van der Waals surface area contributed by atoms with E-state index >= 15 is 0 Å². The fraction of sp³-hybridized carbons (Fsp3) is 0.600. The van der Waals surface area contributed by atoms with Crippen LogP contribution in [0.1, 0.15) is 38.3 Å². The van der Waals surface area contributed by atoms with Gasteiger partial charge in [0.2, 0.25) is 0 Å². The second kappa shape index (κ2) is 7.36. The third-order valence-electron chi connectivity index (χ3n) is 3.81. The van der Waals surface area contributed by atoms with E-state index in [1.54, 1.807) is 30.0 Å².